The number of nitrogens with zero attached hydrogens (tertiary/aromatic N) is 4. The SMILES string of the molecule is Cl.Cl.O=C(CCN1CCCCC1=O)OCc1ncc2n1C(=O)N(C1CCNCC1)C2. The van der Waals surface area contributed by atoms with Gasteiger partial charge in [-0.05, 0) is 38.8 Å². The van der Waals surface area contributed by atoms with Gasteiger partial charge in [-0.1, -0.05) is 0 Å². The molecular weight excluding hydrogens is 433 g/mol. The molecule has 168 valence electrons. The maximum absolute atomic E-state index is 12.8. The molecule has 0 spiro atoms. The maximum atomic E-state index is 12.8. The van der Waals surface area contributed by atoms with E-state index in [4.69, 9.17) is 4.74 Å². The number of carbonyl (C=O) groups is 3. The van der Waals surface area contributed by atoms with Crippen LogP contribution in [0.3, 0.4) is 0 Å². The molecule has 4 heterocycles. The summed E-state index contributed by atoms with van der Waals surface area (Å²) in [4.78, 5) is 44.6. The Labute approximate surface area is 188 Å². The second-order valence-electron chi connectivity index (χ2n) is 7.64. The molecule has 9 nitrogen and oxygen atoms in total. The van der Waals surface area contributed by atoms with Gasteiger partial charge in [-0.2, -0.15) is 0 Å². The summed E-state index contributed by atoms with van der Waals surface area (Å²) in [5, 5.41) is 3.31. The number of carbonyl (C=O) groups excluding carboxylic acids is 3. The molecule has 0 atom stereocenters. The van der Waals surface area contributed by atoms with Crippen LogP contribution in [0.4, 0.5) is 4.79 Å². The van der Waals surface area contributed by atoms with Gasteiger partial charge in [-0.25, -0.2) is 14.3 Å². The Morgan fingerprint density at radius 1 is 1.20 bits per heavy atom. The van der Waals surface area contributed by atoms with Gasteiger partial charge in [0, 0.05) is 25.6 Å². The quantitative estimate of drug-likeness (QED) is 0.647. The largest absolute Gasteiger partial charge is 0.457 e. The van der Waals surface area contributed by atoms with Crippen molar-refractivity contribution in [2.24, 2.45) is 0 Å². The third kappa shape index (κ3) is 5.25. The first-order chi connectivity index (χ1) is 13.6. The summed E-state index contributed by atoms with van der Waals surface area (Å²) in [5.41, 5.74) is 0.841. The number of ether oxygens (including phenoxy) is 1. The summed E-state index contributed by atoms with van der Waals surface area (Å²) in [6.45, 7) is 3.47. The van der Waals surface area contributed by atoms with Gasteiger partial charge in [0.15, 0.2) is 5.82 Å². The van der Waals surface area contributed by atoms with Gasteiger partial charge >= 0.3 is 12.0 Å². The highest BCUT2D eigenvalue weighted by atomic mass is 35.5. The number of fused-ring (bicyclic) bond motifs is 1. The van der Waals surface area contributed by atoms with Crippen LogP contribution in [0, 0.1) is 0 Å². The van der Waals surface area contributed by atoms with Crippen LogP contribution in [0.2, 0.25) is 0 Å². The van der Waals surface area contributed by atoms with Gasteiger partial charge in [0.05, 0.1) is 24.9 Å². The molecule has 0 radical (unpaired) electrons. The van der Waals surface area contributed by atoms with E-state index in [9.17, 15) is 14.4 Å². The van der Waals surface area contributed by atoms with E-state index >= 15 is 0 Å². The molecule has 3 aliphatic heterocycles. The predicted octanol–water partition coefficient (Wildman–Crippen LogP) is 1.71. The number of hydrogen-bond acceptors (Lipinski definition) is 6. The number of nitrogens with one attached hydrogen (secondary N) is 1. The number of rotatable bonds is 6. The number of imidazole rings is 1. The summed E-state index contributed by atoms with van der Waals surface area (Å²) in [6, 6.07) is 0.162. The molecule has 1 N–H and O–H groups in total. The van der Waals surface area contributed by atoms with E-state index in [1.807, 2.05) is 4.90 Å². The summed E-state index contributed by atoms with van der Waals surface area (Å²) in [5.74, 6) is 0.184. The van der Waals surface area contributed by atoms with Gasteiger partial charge in [0.2, 0.25) is 5.91 Å². The van der Waals surface area contributed by atoms with Crippen molar-refractivity contribution in [3.63, 3.8) is 0 Å². The van der Waals surface area contributed by atoms with Crippen LogP contribution in [-0.4, -0.2) is 69.5 Å². The molecule has 0 saturated carbocycles. The summed E-state index contributed by atoms with van der Waals surface area (Å²) >= 11 is 0. The Hall–Kier alpha value is -1.84. The highest BCUT2D eigenvalue weighted by Crippen LogP contribution is 2.25. The Morgan fingerprint density at radius 3 is 2.70 bits per heavy atom. The fourth-order valence-electron chi connectivity index (χ4n) is 4.19. The first-order valence-corrected chi connectivity index (χ1v) is 10.1. The minimum atomic E-state index is -0.378. The zero-order valence-electron chi connectivity index (χ0n) is 16.9. The predicted molar refractivity (Wildman–Crippen MR) is 114 cm³/mol. The molecule has 1 aromatic heterocycles. The van der Waals surface area contributed by atoms with E-state index in [2.05, 4.69) is 10.3 Å². The highest BCUT2D eigenvalue weighted by molar-refractivity contribution is 5.85. The van der Waals surface area contributed by atoms with Crippen molar-refractivity contribution in [2.75, 3.05) is 26.2 Å². The van der Waals surface area contributed by atoms with Crippen LogP contribution < -0.4 is 5.32 Å². The van der Waals surface area contributed by atoms with Crippen molar-refractivity contribution in [3.05, 3.63) is 17.7 Å². The fourth-order valence-corrected chi connectivity index (χ4v) is 4.19. The number of aromatic nitrogens is 2. The van der Waals surface area contributed by atoms with Crippen molar-refractivity contribution in [1.82, 2.24) is 24.7 Å². The average Bonchev–Trinajstić information content (AvgIpc) is 3.26. The molecule has 0 aromatic carbocycles. The zero-order valence-corrected chi connectivity index (χ0v) is 18.5. The number of likely N-dealkylation sites (tertiary alicyclic amines) is 1. The molecule has 2 fully saturated rings. The lowest BCUT2D eigenvalue weighted by molar-refractivity contribution is -0.146. The summed E-state index contributed by atoms with van der Waals surface area (Å²) in [6.07, 6.45) is 6.21. The van der Waals surface area contributed by atoms with E-state index in [1.165, 1.54) is 0 Å². The lowest BCUT2D eigenvalue weighted by Gasteiger charge is -2.30. The lowest BCUT2D eigenvalue weighted by atomic mass is 10.1. The van der Waals surface area contributed by atoms with Crippen molar-refractivity contribution < 1.29 is 19.1 Å². The summed E-state index contributed by atoms with van der Waals surface area (Å²) < 4.78 is 6.90. The van der Waals surface area contributed by atoms with E-state index in [-0.39, 0.29) is 61.8 Å². The van der Waals surface area contributed by atoms with Crippen LogP contribution in [-0.2, 0) is 27.5 Å². The second kappa shape index (κ2) is 11.0. The molecule has 2 amide bonds. The molecule has 3 aliphatic rings. The smallest absolute Gasteiger partial charge is 0.330 e. The standard InChI is InChI=1S/C19H27N5O4.2ClH/c25-17-3-1-2-9-22(17)10-6-18(26)28-13-16-21-11-15-12-23(19(27)24(15)16)14-4-7-20-8-5-14;;/h11,14,20H,1-10,12-13H2;2*1H. The Balaban J connectivity index is 0.00000160. The number of halogens is 2. The third-order valence-electron chi connectivity index (χ3n) is 5.80. The number of hydrogen-bond donors (Lipinski definition) is 1. The number of piperidine rings is 2. The zero-order chi connectivity index (χ0) is 19.5. The molecule has 0 unspecified atom stereocenters. The Kier molecular flexibility index (Phi) is 8.93. The molecule has 4 rings (SSSR count). The molecule has 0 aliphatic carbocycles. The van der Waals surface area contributed by atoms with Crippen LogP contribution in [0.15, 0.2) is 6.20 Å². The molecule has 1 aromatic rings. The van der Waals surface area contributed by atoms with Gasteiger partial charge in [-0.15, -0.1) is 24.8 Å². The normalized spacial score (nSPS) is 19.2. The van der Waals surface area contributed by atoms with E-state index in [1.54, 1.807) is 15.7 Å². The van der Waals surface area contributed by atoms with E-state index < -0.39 is 0 Å². The minimum Gasteiger partial charge on any atom is -0.457 e. The third-order valence-corrected chi connectivity index (χ3v) is 5.80. The van der Waals surface area contributed by atoms with E-state index in [0.717, 1.165) is 44.5 Å². The number of amides is 2. The van der Waals surface area contributed by atoms with Crippen LogP contribution in [0.25, 0.3) is 0 Å². The Morgan fingerprint density at radius 2 is 1.97 bits per heavy atom. The highest BCUT2D eigenvalue weighted by Gasteiger charge is 2.35. The van der Waals surface area contributed by atoms with Crippen molar-refractivity contribution in [3.8, 4) is 0 Å². The topological polar surface area (TPSA) is 96.8 Å². The molecule has 11 heteroatoms. The molecule has 2 saturated heterocycles. The maximum Gasteiger partial charge on any atom is 0.330 e. The van der Waals surface area contributed by atoms with Crippen LogP contribution in [0.5, 0.6) is 0 Å². The van der Waals surface area contributed by atoms with Gasteiger partial charge in [-0.3, -0.25) is 9.59 Å². The first-order valence-electron chi connectivity index (χ1n) is 10.1. The second-order valence-corrected chi connectivity index (χ2v) is 7.64. The van der Waals surface area contributed by atoms with Crippen molar-refractivity contribution >= 4 is 42.7 Å². The molecular formula is C19H29Cl2N5O4. The molecule has 0 bridgehead atoms. The van der Waals surface area contributed by atoms with Gasteiger partial charge < -0.3 is 19.9 Å². The number of esters is 1. The van der Waals surface area contributed by atoms with Crippen LogP contribution >= 0.6 is 24.8 Å². The lowest BCUT2D eigenvalue weighted by Crippen LogP contribution is -2.44. The summed E-state index contributed by atoms with van der Waals surface area (Å²) in [7, 11) is 0. The first kappa shape index (κ1) is 24.4. The monoisotopic (exact) mass is 461 g/mol. The van der Waals surface area contributed by atoms with Crippen molar-refractivity contribution in [2.45, 2.75) is 57.7 Å². The fraction of sp³-hybridized carbons (Fsp3) is 0.684. The van der Waals surface area contributed by atoms with Crippen molar-refractivity contribution in [1.29, 1.82) is 0 Å². The minimum absolute atomic E-state index is 0. The van der Waals surface area contributed by atoms with Crippen LogP contribution in [0.1, 0.15) is 50.0 Å². The molecule has 30 heavy (non-hydrogen) atoms. The van der Waals surface area contributed by atoms with Gasteiger partial charge in [0.25, 0.3) is 0 Å². The Bertz CT molecular complexity index is 766. The van der Waals surface area contributed by atoms with E-state index in [0.29, 0.717) is 31.9 Å². The average molecular weight is 462 g/mol. The van der Waals surface area contributed by atoms with Gasteiger partial charge in [0.1, 0.15) is 6.61 Å².